The first kappa shape index (κ1) is 33.3. The zero-order chi connectivity index (χ0) is 31.9. The summed E-state index contributed by atoms with van der Waals surface area (Å²) in [6, 6.07) is 11.7. The van der Waals surface area contributed by atoms with E-state index in [1.165, 1.54) is 6.20 Å². The fourth-order valence-corrected chi connectivity index (χ4v) is 6.55. The van der Waals surface area contributed by atoms with Gasteiger partial charge in [0.05, 0.1) is 29.3 Å². The molecule has 4 aromatic rings. The number of nitrogens with zero attached hydrogens (tertiary/aromatic N) is 4. The fraction of sp³-hybridized carbons (Fsp3) is 0.484. The topological polar surface area (TPSA) is 153 Å². The van der Waals surface area contributed by atoms with Crippen molar-refractivity contribution in [1.29, 1.82) is 0 Å². The van der Waals surface area contributed by atoms with E-state index in [0.29, 0.717) is 30.2 Å². The maximum atomic E-state index is 14.4. The molecule has 0 aliphatic carbocycles. The lowest BCUT2D eigenvalue weighted by molar-refractivity contribution is -0.149. The Hall–Kier alpha value is -3.57. The lowest BCUT2D eigenvalue weighted by atomic mass is 9.94. The van der Waals surface area contributed by atoms with Crippen LogP contribution in [-0.4, -0.2) is 50.8 Å². The van der Waals surface area contributed by atoms with Crippen LogP contribution in [-0.2, 0) is 35.5 Å². The Morgan fingerprint density at radius 2 is 1.86 bits per heavy atom. The van der Waals surface area contributed by atoms with Gasteiger partial charge in [0.25, 0.3) is 0 Å². The van der Waals surface area contributed by atoms with Crippen molar-refractivity contribution in [2.24, 2.45) is 0 Å². The van der Waals surface area contributed by atoms with Crippen LogP contribution in [0.1, 0.15) is 66.6 Å². The fourth-order valence-electron chi connectivity index (χ4n) is 4.99. The molecule has 3 N–H and O–H groups in total. The molecule has 1 aromatic carbocycles. The first-order valence-corrected chi connectivity index (χ1v) is 16.5. The van der Waals surface area contributed by atoms with E-state index >= 15 is 0 Å². The summed E-state index contributed by atoms with van der Waals surface area (Å²) in [5.74, 6) is 0.433. The van der Waals surface area contributed by atoms with E-state index < -0.39 is 25.3 Å². The molecule has 3 heterocycles. The van der Waals surface area contributed by atoms with Crippen LogP contribution in [0.5, 0.6) is 5.88 Å². The SMILES string of the molecule is CCCCC(C)(CO[P@](=O)(N[C@@H](C)C(=O)OC(C)C)Oc1ccccn1)n1c(COCC)nc2c(N)nc3ccccc3c21. The van der Waals surface area contributed by atoms with Gasteiger partial charge in [0.2, 0.25) is 5.88 Å². The minimum absolute atomic E-state index is 0.0722. The van der Waals surface area contributed by atoms with E-state index in [4.69, 9.17) is 29.2 Å². The van der Waals surface area contributed by atoms with Gasteiger partial charge in [0.15, 0.2) is 5.82 Å². The van der Waals surface area contributed by atoms with Gasteiger partial charge in [-0.2, -0.15) is 5.09 Å². The molecule has 0 saturated heterocycles. The number of rotatable bonds is 16. The van der Waals surface area contributed by atoms with Crippen LogP contribution in [0.3, 0.4) is 0 Å². The number of pyridine rings is 2. The van der Waals surface area contributed by atoms with Gasteiger partial charge >= 0.3 is 13.7 Å². The maximum absolute atomic E-state index is 14.4. The molecule has 3 aromatic heterocycles. The highest BCUT2D eigenvalue weighted by Gasteiger charge is 2.39. The Morgan fingerprint density at radius 3 is 2.55 bits per heavy atom. The molecule has 238 valence electrons. The molecule has 0 fully saturated rings. The summed E-state index contributed by atoms with van der Waals surface area (Å²) < 4.78 is 39.7. The van der Waals surface area contributed by atoms with E-state index in [2.05, 4.69) is 26.5 Å². The summed E-state index contributed by atoms with van der Waals surface area (Å²) in [6.07, 6.45) is 3.55. The van der Waals surface area contributed by atoms with Crippen LogP contribution in [0, 0.1) is 0 Å². The van der Waals surface area contributed by atoms with E-state index in [1.54, 1.807) is 39.0 Å². The predicted molar refractivity (Wildman–Crippen MR) is 170 cm³/mol. The van der Waals surface area contributed by atoms with Crippen molar-refractivity contribution in [2.45, 2.75) is 85.1 Å². The molecular weight excluding hydrogens is 583 g/mol. The molecule has 0 amide bonds. The smallest absolute Gasteiger partial charge is 0.460 e. The van der Waals surface area contributed by atoms with Gasteiger partial charge in [0, 0.05) is 24.3 Å². The van der Waals surface area contributed by atoms with Crippen LogP contribution in [0.4, 0.5) is 5.82 Å². The second kappa shape index (κ2) is 14.5. The lowest BCUT2D eigenvalue weighted by Crippen LogP contribution is -2.40. The summed E-state index contributed by atoms with van der Waals surface area (Å²) in [4.78, 5) is 26.3. The van der Waals surface area contributed by atoms with E-state index in [1.807, 2.05) is 38.1 Å². The molecule has 0 saturated carbocycles. The number of nitrogen functional groups attached to an aromatic ring is 1. The normalized spacial score (nSPS) is 15.2. The number of esters is 1. The maximum Gasteiger partial charge on any atom is 0.460 e. The van der Waals surface area contributed by atoms with Crippen LogP contribution in [0.15, 0.2) is 48.7 Å². The number of nitrogens with one attached hydrogen (secondary N) is 1. The zero-order valence-electron chi connectivity index (χ0n) is 26.3. The molecule has 0 spiro atoms. The van der Waals surface area contributed by atoms with Crippen LogP contribution >= 0.6 is 7.75 Å². The number of fused-ring (bicyclic) bond motifs is 3. The van der Waals surface area contributed by atoms with Gasteiger partial charge in [0.1, 0.15) is 24.0 Å². The molecule has 3 atom stereocenters. The molecule has 4 rings (SSSR count). The van der Waals surface area contributed by atoms with Crippen molar-refractivity contribution in [3.8, 4) is 5.88 Å². The molecule has 1 unspecified atom stereocenters. The highest BCUT2D eigenvalue weighted by molar-refractivity contribution is 7.52. The molecule has 44 heavy (non-hydrogen) atoms. The Bertz CT molecular complexity index is 1610. The Balaban J connectivity index is 1.81. The Kier molecular flexibility index (Phi) is 11.0. The summed E-state index contributed by atoms with van der Waals surface area (Å²) in [5, 5.41) is 3.63. The van der Waals surface area contributed by atoms with E-state index in [-0.39, 0.29) is 25.2 Å². The minimum atomic E-state index is -4.19. The summed E-state index contributed by atoms with van der Waals surface area (Å²) in [5.41, 5.74) is 7.70. The average Bonchev–Trinajstić information content (AvgIpc) is 3.39. The van der Waals surface area contributed by atoms with Gasteiger partial charge in [-0.3, -0.25) is 9.32 Å². The number of carbonyl (C=O) groups excluding carboxylic acids is 1. The van der Waals surface area contributed by atoms with Crippen molar-refractivity contribution in [3.63, 3.8) is 0 Å². The Labute approximate surface area is 258 Å². The van der Waals surface area contributed by atoms with Gasteiger partial charge in [-0.25, -0.2) is 19.5 Å². The molecule has 0 radical (unpaired) electrons. The average molecular weight is 627 g/mol. The summed E-state index contributed by atoms with van der Waals surface area (Å²) in [7, 11) is -4.19. The van der Waals surface area contributed by atoms with Crippen LogP contribution in [0.2, 0.25) is 0 Å². The van der Waals surface area contributed by atoms with Gasteiger partial charge in [-0.1, -0.05) is 44.0 Å². The molecule has 12 nitrogen and oxygen atoms in total. The van der Waals surface area contributed by atoms with Crippen molar-refractivity contribution >= 4 is 41.5 Å². The number of aromatic nitrogens is 4. The number of para-hydroxylation sites is 1. The largest absolute Gasteiger partial charge is 0.462 e. The number of benzene rings is 1. The second-order valence-corrected chi connectivity index (χ2v) is 12.9. The standard InChI is InChI=1S/C31H43N6O6P/c1-7-9-17-31(6,20-41-44(39,43-26-16-12-13-18-33-26)36-22(5)30(38)42-21(3)4)37-25(19-40-8-2)35-27-28(37)23-14-10-11-15-24(23)34-29(27)32/h10-16,18,21-22H,7-9,17,19-20H2,1-6H3,(H2,32,34)(H,36,39)/t22-,31?,44+/m0/s1. The minimum Gasteiger partial charge on any atom is -0.462 e. The van der Waals surface area contributed by atoms with Crippen molar-refractivity contribution in [3.05, 3.63) is 54.5 Å². The van der Waals surface area contributed by atoms with Gasteiger partial charge in [-0.05, 0) is 53.2 Å². The first-order valence-electron chi connectivity index (χ1n) is 15.0. The predicted octanol–water partition coefficient (Wildman–Crippen LogP) is 6.14. The third-order valence-electron chi connectivity index (χ3n) is 7.09. The quantitative estimate of drug-likeness (QED) is 0.109. The van der Waals surface area contributed by atoms with Gasteiger partial charge in [-0.15, -0.1) is 0 Å². The summed E-state index contributed by atoms with van der Waals surface area (Å²) >= 11 is 0. The van der Waals surface area contributed by atoms with Crippen molar-refractivity contribution in [1.82, 2.24) is 24.6 Å². The molecule has 0 aliphatic rings. The second-order valence-electron chi connectivity index (χ2n) is 11.2. The van der Waals surface area contributed by atoms with E-state index in [0.717, 1.165) is 29.3 Å². The highest BCUT2D eigenvalue weighted by atomic mass is 31.2. The highest BCUT2D eigenvalue weighted by Crippen LogP contribution is 2.47. The van der Waals surface area contributed by atoms with Crippen LogP contribution in [0.25, 0.3) is 21.9 Å². The zero-order valence-corrected chi connectivity index (χ0v) is 27.2. The number of carbonyl (C=O) groups is 1. The Morgan fingerprint density at radius 1 is 1.11 bits per heavy atom. The van der Waals surface area contributed by atoms with Gasteiger partial charge < -0.3 is 24.3 Å². The molecular formula is C31H43N6O6P. The lowest BCUT2D eigenvalue weighted by Gasteiger charge is -2.35. The van der Waals surface area contributed by atoms with Crippen molar-refractivity contribution < 1.29 is 27.9 Å². The number of hydrogen-bond acceptors (Lipinski definition) is 10. The van der Waals surface area contributed by atoms with Crippen LogP contribution < -0.4 is 15.3 Å². The number of imidazole rings is 1. The third-order valence-corrected chi connectivity index (χ3v) is 8.69. The molecule has 0 bridgehead atoms. The van der Waals surface area contributed by atoms with Crippen molar-refractivity contribution in [2.75, 3.05) is 18.9 Å². The number of unbranched alkanes of at least 4 members (excludes halogenated alkanes) is 1. The molecule has 0 aliphatic heterocycles. The number of hydrogen-bond donors (Lipinski definition) is 2. The number of nitrogens with two attached hydrogens (primary N) is 1. The van der Waals surface area contributed by atoms with E-state index in [9.17, 15) is 9.36 Å². The number of anilines is 1. The first-order chi connectivity index (χ1) is 21.0. The third kappa shape index (κ3) is 7.74. The monoisotopic (exact) mass is 626 g/mol. The number of ether oxygens (including phenoxy) is 2. The summed E-state index contributed by atoms with van der Waals surface area (Å²) in [6.45, 7) is 11.7. The molecule has 13 heteroatoms.